The lowest BCUT2D eigenvalue weighted by molar-refractivity contribution is -0.598. The summed E-state index contributed by atoms with van der Waals surface area (Å²) in [5.74, 6) is 0.702. The number of nitrogens with one attached hydrogen (secondary N) is 3. The average molecular weight is 459 g/mol. The number of carbonyl (C=O) groups excluding carboxylic acids is 1. The number of H-pyrrole nitrogens is 1. The molecule has 1 aliphatic rings. The number of imidazole rings is 1. The number of anilines is 1. The highest BCUT2D eigenvalue weighted by Crippen LogP contribution is 2.46. The number of pyridine rings is 1. The summed E-state index contributed by atoms with van der Waals surface area (Å²) in [6.07, 6.45) is 6.85. The smallest absolute Gasteiger partial charge is 0.267 e. The van der Waals surface area contributed by atoms with Gasteiger partial charge in [-0.2, -0.15) is 0 Å². The molecule has 0 unspecified atom stereocenters. The lowest BCUT2D eigenvalue weighted by Gasteiger charge is -2.34. The molecule has 7 N–H and O–H groups in total. The Bertz CT molecular complexity index is 1180. The molecule has 0 fully saturated rings. The molecular formula is C20H24N7O4S+. The maximum Gasteiger partial charge on any atom is 0.267 e. The van der Waals surface area contributed by atoms with E-state index in [0.717, 1.165) is 0 Å². The van der Waals surface area contributed by atoms with Gasteiger partial charge in [-0.15, -0.1) is 9.38 Å². The van der Waals surface area contributed by atoms with Crippen LogP contribution in [-0.2, 0) is 0 Å². The Hall–Kier alpha value is -3.61. The van der Waals surface area contributed by atoms with Crippen molar-refractivity contribution in [2.45, 2.75) is 19.4 Å². The van der Waals surface area contributed by atoms with E-state index in [2.05, 4.69) is 24.4 Å². The van der Waals surface area contributed by atoms with E-state index in [1.54, 1.807) is 59.8 Å². The van der Waals surface area contributed by atoms with Gasteiger partial charge in [0.15, 0.2) is 12.2 Å². The minimum Gasteiger partial charge on any atom is -0.490 e. The number of hydrogen-bond donors (Lipinski definition) is 6. The predicted octanol–water partition coefficient (Wildman–Crippen LogP) is 1.99. The predicted molar refractivity (Wildman–Crippen MR) is 121 cm³/mol. The quantitative estimate of drug-likeness (QED) is 0.308. The number of aromatic nitrogens is 3. The maximum absolute atomic E-state index is 12.8. The second-order valence-electron chi connectivity index (χ2n) is 7.82. The highest BCUT2D eigenvalue weighted by Gasteiger charge is 2.27. The van der Waals surface area contributed by atoms with Crippen LogP contribution in [0.2, 0.25) is 0 Å². The van der Waals surface area contributed by atoms with Crippen molar-refractivity contribution in [3.63, 3.8) is 0 Å². The van der Waals surface area contributed by atoms with E-state index in [-0.39, 0.29) is 18.3 Å². The number of amidine groups is 1. The molecule has 1 aromatic carbocycles. The van der Waals surface area contributed by atoms with Gasteiger partial charge in [0.25, 0.3) is 11.7 Å². The Labute approximate surface area is 186 Å². The molecule has 0 saturated heterocycles. The van der Waals surface area contributed by atoms with Gasteiger partial charge in [-0.3, -0.25) is 23.6 Å². The molecule has 0 aliphatic carbocycles. The molecule has 1 aliphatic heterocycles. The van der Waals surface area contributed by atoms with Gasteiger partial charge in [-0.25, -0.2) is 4.57 Å². The zero-order valence-corrected chi connectivity index (χ0v) is 18.3. The van der Waals surface area contributed by atoms with E-state index in [0.29, 0.717) is 28.4 Å². The minimum absolute atomic E-state index is 0.0391. The summed E-state index contributed by atoms with van der Waals surface area (Å²) >= 11 is 0. The molecule has 32 heavy (non-hydrogen) atoms. The van der Waals surface area contributed by atoms with Crippen LogP contribution in [-0.4, -0.2) is 43.0 Å². The fraction of sp³-hybridized carbons (Fsp3) is 0.200. The number of carbonyl (C=O) groups is 1. The SMILES string of the molecule is CC(C)(COc1cccc2c1C(N)=NS(O)(O)N2)NC(=O)c1ccnc(-[n+]2cc[nH]c2)c1. The monoisotopic (exact) mass is 458 g/mol. The van der Waals surface area contributed by atoms with E-state index < -0.39 is 16.5 Å². The highest BCUT2D eigenvalue weighted by atomic mass is 32.3. The Balaban J connectivity index is 1.46. The zero-order valence-electron chi connectivity index (χ0n) is 17.4. The van der Waals surface area contributed by atoms with Crippen LogP contribution in [0.5, 0.6) is 5.75 Å². The minimum atomic E-state index is -3.38. The average Bonchev–Trinajstić information content (AvgIpc) is 3.26. The van der Waals surface area contributed by atoms with Crippen molar-refractivity contribution in [1.29, 1.82) is 0 Å². The fourth-order valence-electron chi connectivity index (χ4n) is 3.16. The molecule has 168 valence electrons. The lowest BCUT2D eigenvalue weighted by atomic mass is 10.1. The number of aromatic amines is 1. The summed E-state index contributed by atoms with van der Waals surface area (Å²) in [5, 5.41) is 2.96. The van der Waals surface area contributed by atoms with Gasteiger partial charge in [0, 0.05) is 11.6 Å². The normalized spacial score (nSPS) is 15.7. The third-order valence-electron chi connectivity index (χ3n) is 4.61. The van der Waals surface area contributed by atoms with Crippen molar-refractivity contribution in [3.8, 4) is 11.6 Å². The third-order valence-corrected chi connectivity index (χ3v) is 5.56. The summed E-state index contributed by atoms with van der Waals surface area (Å²) in [5.41, 5.74) is 6.49. The number of amides is 1. The van der Waals surface area contributed by atoms with Crippen LogP contribution in [0.3, 0.4) is 0 Å². The van der Waals surface area contributed by atoms with E-state index in [1.165, 1.54) is 0 Å². The van der Waals surface area contributed by atoms with Gasteiger partial charge >= 0.3 is 0 Å². The standard InChI is InChI=1S/C20H23N7O4S/c1-20(2,24-19(28)13-6-7-23-16(10-13)27-9-8-22-12-27)11-31-15-5-3-4-14-17(15)18(21)26-32(29,30)25-14/h3-10,12H,11H2,1-2H3,(H6,21,24,25,26,28,29,30)/p+1. The van der Waals surface area contributed by atoms with Crippen molar-refractivity contribution in [1.82, 2.24) is 15.3 Å². The summed E-state index contributed by atoms with van der Waals surface area (Å²) in [7, 11) is -3.38. The fourth-order valence-corrected chi connectivity index (χ4v) is 4.04. The van der Waals surface area contributed by atoms with Crippen LogP contribution in [0.15, 0.2) is 59.6 Å². The van der Waals surface area contributed by atoms with Crippen LogP contribution in [0, 0.1) is 0 Å². The molecule has 0 spiro atoms. The van der Waals surface area contributed by atoms with Gasteiger partial charge in [0.2, 0.25) is 0 Å². The van der Waals surface area contributed by atoms with Crippen LogP contribution in [0.25, 0.3) is 5.82 Å². The molecular weight excluding hydrogens is 434 g/mol. The van der Waals surface area contributed by atoms with E-state index in [9.17, 15) is 13.9 Å². The molecule has 3 aromatic rings. The van der Waals surface area contributed by atoms with Gasteiger partial charge in [-0.1, -0.05) is 6.07 Å². The molecule has 1 amide bonds. The molecule has 3 heterocycles. The Morgan fingerprint density at radius 1 is 1.34 bits per heavy atom. The summed E-state index contributed by atoms with van der Waals surface area (Å²) in [4.78, 5) is 20.0. The maximum atomic E-state index is 12.8. The largest absolute Gasteiger partial charge is 0.490 e. The Kier molecular flexibility index (Phi) is 5.50. The number of nitrogens with zero attached hydrogens (tertiary/aromatic N) is 3. The second kappa shape index (κ2) is 8.15. The first kappa shape index (κ1) is 21.6. The number of hydrogen-bond acceptors (Lipinski definition) is 8. The number of ether oxygens (including phenoxy) is 1. The molecule has 0 saturated carbocycles. The first-order chi connectivity index (χ1) is 15.1. The topological polar surface area (TPSA) is 162 Å². The number of fused-ring (bicyclic) bond motifs is 1. The van der Waals surface area contributed by atoms with Crippen LogP contribution >= 0.6 is 11.0 Å². The van der Waals surface area contributed by atoms with Gasteiger partial charge in [0.05, 0.1) is 23.0 Å². The molecule has 12 heteroatoms. The first-order valence-corrected chi connectivity index (χ1v) is 11.1. The summed E-state index contributed by atoms with van der Waals surface area (Å²) < 4.78 is 33.5. The number of rotatable bonds is 6. The molecule has 0 radical (unpaired) electrons. The van der Waals surface area contributed by atoms with E-state index >= 15 is 0 Å². The summed E-state index contributed by atoms with van der Waals surface area (Å²) in [6, 6.07) is 8.36. The Morgan fingerprint density at radius 3 is 2.91 bits per heavy atom. The van der Waals surface area contributed by atoms with Crippen LogP contribution in [0.4, 0.5) is 5.69 Å². The zero-order chi connectivity index (χ0) is 22.9. The van der Waals surface area contributed by atoms with Gasteiger partial charge in [-0.05, 0) is 43.0 Å². The molecule has 11 nitrogen and oxygen atoms in total. The van der Waals surface area contributed by atoms with Crippen molar-refractivity contribution in [2.24, 2.45) is 10.1 Å². The summed E-state index contributed by atoms with van der Waals surface area (Å²) in [6.45, 7) is 3.79. The van der Waals surface area contributed by atoms with Gasteiger partial charge < -0.3 is 15.8 Å². The third kappa shape index (κ3) is 4.66. The number of nitrogens with two attached hydrogens (primary N) is 1. The molecule has 2 aromatic heterocycles. The van der Waals surface area contributed by atoms with Crippen LogP contribution in [0.1, 0.15) is 29.8 Å². The van der Waals surface area contributed by atoms with Gasteiger partial charge in [0.1, 0.15) is 24.8 Å². The molecule has 0 bridgehead atoms. The lowest BCUT2D eigenvalue weighted by Crippen LogP contribution is -2.48. The number of benzene rings is 1. The Morgan fingerprint density at radius 2 is 2.16 bits per heavy atom. The van der Waals surface area contributed by atoms with Crippen molar-refractivity contribution < 1.29 is 23.2 Å². The molecule has 0 atom stereocenters. The van der Waals surface area contributed by atoms with Crippen LogP contribution < -0.4 is 25.1 Å². The first-order valence-electron chi connectivity index (χ1n) is 9.64. The molecule has 4 rings (SSSR count). The van der Waals surface area contributed by atoms with Crippen molar-refractivity contribution in [2.75, 3.05) is 11.3 Å². The highest BCUT2D eigenvalue weighted by molar-refractivity contribution is 8.24. The van der Waals surface area contributed by atoms with Crippen molar-refractivity contribution in [3.05, 3.63) is 66.4 Å². The van der Waals surface area contributed by atoms with E-state index in [4.69, 9.17) is 10.5 Å². The second-order valence-corrected chi connectivity index (χ2v) is 9.25. The van der Waals surface area contributed by atoms with Crippen molar-refractivity contribution >= 4 is 28.4 Å². The van der Waals surface area contributed by atoms with E-state index in [1.807, 2.05) is 13.8 Å².